The minimum atomic E-state index is -0.833. The maximum Gasteiger partial charge on any atom is 0.300 e. The van der Waals surface area contributed by atoms with Crippen molar-refractivity contribution in [2.75, 3.05) is 20.3 Å². The normalized spacial score (nSPS) is 7.90. The Labute approximate surface area is 59.1 Å². The number of hydrogen-bond acceptors (Lipinski definition) is 4. The van der Waals surface area contributed by atoms with Gasteiger partial charge in [-0.05, 0) is 0 Å². The molecule has 0 saturated heterocycles. The van der Waals surface area contributed by atoms with Gasteiger partial charge in [-0.25, -0.2) is 4.89 Å². The lowest BCUT2D eigenvalue weighted by Gasteiger charge is -1.89. The lowest BCUT2D eigenvalue weighted by Crippen LogP contribution is -1.96. The van der Waals surface area contributed by atoms with Crippen LogP contribution in [0.25, 0.3) is 0 Å². The Bertz CT molecular complexity index is 64.4. The van der Waals surface area contributed by atoms with Crippen molar-refractivity contribution < 1.29 is 24.8 Å². The molecule has 0 amide bonds. The van der Waals surface area contributed by atoms with Crippen LogP contribution in [-0.2, 0) is 14.4 Å². The number of rotatable bonds is 3. The van der Waals surface area contributed by atoms with Gasteiger partial charge in [0.1, 0.15) is 6.61 Å². The van der Waals surface area contributed by atoms with Crippen molar-refractivity contribution in [2.24, 2.45) is 0 Å². The van der Waals surface area contributed by atoms with E-state index in [9.17, 15) is 0 Å². The Morgan fingerprint density at radius 2 is 1.90 bits per heavy atom. The van der Waals surface area contributed by atoms with Crippen LogP contribution in [-0.4, -0.2) is 36.7 Å². The van der Waals surface area contributed by atoms with Crippen molar-refractivity contribution in [1.29, 1.82) is 0 Å². The highest BCUT2D eigenvalue weighted by Crippen LogP contribution is 1.65. The minimum Gasteiger partial charge on any atom is -0.481 e. The molecule has 10 heavy (non-hydrogen) atoms. The Balaban J connectivity index is 0. The predicted octanol–water partition coefficient (Wildman–Crippen LogP) is 0.213. The molecule has 0 atom stereocenters. The van der Waals surface area contributed by atoms with E-state index in [1.807, 2.05) is 0 Å². The van der Waals surface area contributed by atoms with E-state index in [0.29, 0.717) is 6.61 Å². The Morgan fingerprint density at radius 1 is 1.50 bits per heavy atom. The molecule has 0 spiro atoms. The number of methoxy groups -OCH3 is 1. The predicted molar refractivity (Wildman–Crippen MR) is 33.8 cm³/mol. The van der Waals surface area contributed by atoms with Gasteiger partial charge in [0, 0.05) is 14.0 Å². The first-order valence-corrected chi connectivity index (χ1v) is 2.60. The second-order valence-corrected chi connectivity index (χ2v) is 1.35. The molecule has 0 aliphatic carbocycles. The molecule has 0 unspecified atom stereocenters. The van der Waals surface area contributed by atoms with Gasteiger partial charge < -0.3 is 9.84 Å². The molecule has 0 bridgehead atoms. The van der Waals surface area contributed by atoms with E-state index in [2.05, 4.69) is 9.62 Å². The molecule has 0 radical (unpaired) electrons. The van der Waals surface area contributed by atoms with Crippen molar-refractivity contribution in [1.82, 2.24) is 0 Å². The quantitative estimate of drug-likeness (QED) is 0.343. The molecule has 0 saturated carbocycles. The molecule has 0 fully saturated rings. The second kappa shape index (κ2) is 11.2. The smallest absolute Gasteiger partial charge is 0.300 e. The van der Waals surface area contributed by atoms with Crippen molar-refractivity contribution in [2.45, 2.75) is 6.92 Å². The molecule has 0 aliphatic rings. The zero-order chi connectivity index (χ0) is 8.41. The first kappa shape index (κ1) is 12.1. The van der Waals surface area contributed by atoms with Gasteiger partial charge in [-0.1, -0.05) is 0 Å². The fraction of sp³-hybridized carbons (Fsp3) is 0.800. The third-order valence-electron chi connectivity index (χ3n) is 0.379. The molecule has 5 nitrogen and oxygen atoms in total. The molecular weight excluding hydrogens is 140 g/mol. The zero-order valence-electron chi connectivity index (χ0n) is 6.03. The summed E-state index contributed by atoms with van der Waals surface area (Å²) in [6, 6.07) is 0. The van der Waals surface area contributed by atoms with E-state index < -0.39 is 5.97 Å². The van der Waals surface area contributed by atoms with E-state index in [-0.39, 0.29) is 6.61 Å². The summed E-state index contributed by atoms with van der Waals surface area (Å²) >= 11 is 0. The van der Waals surface area contributed by atoms with Gasteiger partial charge >= 0.3 is 0 Å². The topological polar surface area (TPSA) is 76.0 Å². The lowest BCUT2D eigenvalue weighted by atomic mass is 10.8. The van der Waals surface area contributed by atoms with E-state index in [0.717, 1.165) is 6.92 Å². The first-order valence-electron chi connectivity index (χ1n) is 2.60. The van der Waals surface area contributed by atoms with E-state index in [1.54, 1.807) is 7.11 Å². The number of ether oxygens (including phenoxy) is 1. The van der Waals surface area contributed by atoms with Crippen molar-refractivity contribution in [3.8, 4) is 0 Å². The molecule has 0 rings (SSSR count). The highest BCUT2D eigenvalue weighted by molar-refractivity contribution is 5.62. The van der Waals surface area contributed by atoms with E-state index in [1.165, 1.54) is 0 Å². The number of carboxylic acid groups (broad SMARTS) is 1. The fourth-order valence-electron chi connectivity index (χ4n) is 0.121. The molecule has 0 aromatic heterocycles. The van der Waals surface area contributed by atoms with Gasteiger partial charge in [0.05, 0.1) is 6.61 Å². The highest BCUT2D eigenvalue weighted by Gasteiger charge is 1.75. The standard InChI is InChI=1S/C3H8O3.C2H4O2/c1-5-2-3-6-4;1-2(3)4/h4H,2-3H2,1H3;1H3,(H,3,4). The number of carbonyl (C=O) groups is 1. The summed E-state index contributed by atoms with van der Waals surface area (Å²) in [5.74, 6) is -0.833. The summed E-state index contributed by atoms with van der Waals surface area (Å²) in [5.41, 5.74) is 0. The molecule has 0 heterocycles. The Morgan fingerprint density at radius 3 is 2.00 bits per heavy atom. The molecular formula is C5H12O5. The van der Waals surface area contributed by atoms with Crippen molar-refractivity contribution >= 4 is 5.97 Å². The van der Waals surface area contributed by atoms with Crippen LogP contribution in [0.3, 0.4) is 0 Å². The molecule has 2 N–H and O–H groups in total. The van der Waals surface area contributed by atoms with Gasteiger partial charge in [-0.3, -0.25) is 10.1 Å². The largest absolute Gasteiger partial charge is 0.481 e. The summed E-state index contributed by atoms with van der Waals surface area (Å²) in [6.07, 6.45) is 0. The van der Waals surface area contributed by atoms with Crippen LogP contribution < -0.4 is 0 Å². The third kappa shape index (κ3) is 53.7. The number of aliphatic carboxylic acids is 1. The maximum atomic E-state index is 9.00. The second-order valence-electron chi connectivity index (χ2n) is 1.35. The first-order chi connectivity index (χ1) is 4.65. The zero-order valence-corrected chi connectivity index (χ0v) is 6.03. The van der Waals surface area contributed by atoms with Crippen molar-refractivity contribution in [3.63, 3.8) is 0 Å². The SMILES string of the molecule is CC(=O)O.COCCOO. The minimum absolute atomic E-state index is 0.247. The molecule has 0 aromatic rings. The van der Waals surface area contributed by atoms with Crippen molar-refractivity contribution in [3.05, 3.63) is 0 Å². The van der Waals surface area contributed by atoms with Crippen LogP contribution in [0.2, 0.25) is 0 Å². The average molecular weight is 152 g/mol. The summed E-state index contributed by atoms with van der Waals surface area (Å²) in [4.78, 5) is 12.7. The lowest BCUT2D eigenvalue weighted by molar-refractivity contribution is -0.247. The van der Waals surface area contributed by atoms with Crippen LogP contribution in [0.15, 0.2) is 0 Å². The van der Waals surface area contributed by atoms with Gasteiger partial charge in [0.25, 0.3) is 5.97 Å². The van der Waals surface area contributed by atoms with E-state index in [4.69, 9.17) is 15.2 Å². The monoisotopic (exact) mass is 152 g/mol. The Hall–Kier alpha value is -0.650. The van der Waals surface area contributed by atoms with E-state index >= 15 is 0 Å². The summed E-state index contributed by atoms with van der Waals surface area (Å²) in [7, 11) is 1.54. The molecule has 0 aliphatic heterocycles. The van der Waals surface area contributed by atoms with Crippen LogP contribution >= 0.6 is 0 Å². The van der Waals surface area contributed by atoms with Gasteiger partial charge in [0.2, 0.25) is 0 Å². The molecule has 62 valence electrons. The van der Waals surface area contributed by atoms with Crippen LogP contribution in [0.5, 0.6) is 0 Å². The molecule has 0 aromatic carbocycles. The average Bonchev–Trinajstić information content (AvgIpc) is 1.82. The summed E-state index contributed by atoms with van der Waals surface area (Å²) in [5, 5.41) is 15.0. The number of hydrogen-bond donors (Lipinski definition) is 2. The van der Waals surface area contributed by atoms with Crippen LogP contribution in [0.4, 0.5) is 0 Å². The number of carboxylic acids is 1. The van der Waals surface area contributed by atoms with Crippen LogP contribution in [0, 0.1) is 0 Å². The summed E-state index contributed by atoms with van der Waals surface area (Å²) < 4.78 is 4.50. The highest BCUT2D eigenvalue weighted by atomic mass is 17.1. The van der Waals surface area contributed by atoms with Gasteiger partial charge in [0.15, 0.2) is 0 Å². The fourth-order valence-corrected chi connectivity index (χ4v) is 0.121. The Kier molecular flexibility index (Phi) is 13.5. The third-order valence-corrected chi connectivity index (χ3v) is 0.379. The maximum absolute atomic E-state index is 9.00. The summed E-state index contributed by atoms with van der Waals surface area (Å²) in [6.45, 7) is 1.77. The van der Waals surface area contributed by atoms with Crippen LogP contribution in [0.1, 0.15) is 6.92 Å². The van der Waals surface area contributed by atoms with Gasteiger partial charge in [-0.2, -0.15) is 0 Å². The van der Waals surface area contributed by atoms with Gasteiger partial charge in [-0.15, -0.1) is 0 Å². The molecule has 5 heteroatoms.